The Balaban J connectivity index is 2.57. The van der Waals surface area contributed by atoms with Gasteiger partial charge in [-0.15, -0.1) is 0 Å². The number of benzene rings is 1. The molecule has 1 atom stereocenters. The van der Waals surface area contributed by atoms with Crippen LogP contribution in [-0.2, 0) is 4.79 Å². The molecule has 5 heteroatoms. The highest BCUT2D eigenvalue weighted by atomic mass is 19.1. The summed E-state index contributed by atoms with van der Waals surface area (Å²) in [6.45, 7) is 4.72. The van der Waals surface area contributed by atoms with E-state index in [1.54, 1.807) is 6.07 Å². The molecule has 1 rings (SSSR count). The van der Waals surface area contributed by atoms with Gasteiger partial charge in [-0.25, -0.2) is 4.39 Å². The SMILES string of the molecule is CCNC(C)CC(=O)Nc1ccc(OC)c(F)c1. The number of carbonyl (C=O) groups is 1. The predicted molar refractivity (Wildman–Crippen MR) is 69.3 cm³/mol. The molecule has 100 valence electrons. The van der Waals surface area contributed by atoms with Crippen molar-refractivity contribution in [1.29, 1.82) is 0 Å². The third-order valence-corrected chi connectivity index (χ3v) is 2.48. The quantitative estimate of drug-likeness (QED) is 0.818. The molecule has 0 saturated heterocycles. The van der Waals surface area contributed by atoms with Gasteiger partial charge < -0.3 is 15.4 Å². The number of halogens is 1. The Labute approximate surface area is 107 Å². The van der Waals surface area contributed by atoms with E-state index in [-0.39, 0.29) is 17.7 Å². The van der Waals surface area contributed by atoms with E-state index in [2.05, 4.69) is 10.6 Å². The third-order valence-electron chi connectivity index (χ3n) is 2.48. The van der Waals surface area contributed by atoms with Crippen LogP contribution in [0.25, 0.3) is 0 Å². The molecule has 0 aliphatic rings. The number of carbonyl (C=O) groups excluding carboxylic acids is 1. The summed E-state index contributed by atoms with van der Waals surface area (Å²) >= 11 is 0. The summed E-state index contributed by atoms with van der Waals surface area (Å²) in [5.74, 6) is -0.475. The Morgan fingerprint density at radius 1 is 1.50 bits per heavy atom. The van der Waals surface area contributed by atoms with E-state index in [0.717, 1.165) is 6.54 Å². The topological polar surface area (TPSA) is 50.4 Å². The number of anilines is 1. The van der Waals surface area contributed by atoms with E-state index >= 15 is 0 Å². The molecule has 1 amide bonds. The van der Waals surface area contributed by atoms with Crippen LogP contribution in [0.1, 0.15) is 20.3 Å². The molecular formula is C13H19FN2O2. The normalized spacial score (nSPS) is 12.0. The Kier molecular flexibility index (Phi) is 5.58. The van der Waals surface area contributed by atoms with Crippen LogP contribution in [0.4, 0.5) is 10.1 Å². The van der Waals surface area contributed by atoms with Crippen LogP contribution in [0.5, 0.6) is 5.75 Å². The fourth-order valence-electron chi connectivity index (χ4n) is 1.65. The maximum atomic E-state index is 13.4. The van der Waals surface area contributed by atoms with Crippen LogP contribution in [0, 0.1) is 5.82 Å². The zero-order valence-electron chi connectivity index (χ0n) is 10.9. The molecule has 0 aromatic heterocycles. The molecule has 0 aliphatic heterocycles. The molecule has 0 fully saturated rings. The molecule has 18 heavy (non-hydrogen) atoms. The van der Waals surface area contributed by atoms with Crippen molar-refractivity contribution in [2.24, 2.45) is 0 Å². The lowest BCUT2D eigenvalue weighted by Crippen LogP contribution is -2.30. The van der Waals surface area contributed by atoms with Crippen molar-refractivity contribution in [1.82, 2.24) is 5.32 Å². The number of amides is 1. The summed E-state index contributed by atoms with van der Waals surface area (Å²) in [6.07, 6.45) is 0.349. The summed E-state index contributed by atoms with van der Waals surface area (Å²) in [5, 5.41) is 5.79. The second-order valence-corrected chi connectivity index (χ2v) is 4.06. The summed E-state index contributed by atoms with van der Waals surface area (Å²) in [5.41, 5.74) is 0.432. The van der Waals surface area contributed by atoms with Gasteiger partial charge in [0.2, 0.25) is 5.91 Å². The first kappa shape index (κ1) is 14.4. The average Bonchev–Trinajstić information content (AvgIpc) is 2.29. The minimum Gasteiger partial charge on any atom is -0.494 e. The second-order valence-electron chi connectivity index (χ2n) is 4.06. The van der Waals surface area contributed by atoms with E-state index in [4.69, 9.17) is 4.74 Å². The second kappa shape index (κ2) is 6.96. The fraction of sp³-hybridized carbons (Fsp3) is 0.462. The van der Waals surface area contributed by atoms with Crippen LogP contribution >= 0.6 is 0 Å². The number of hydrogen-bond donors (Lipinski definition) is 2. The molecule has 0 spiro atoms. The monoisotopic (exact) mass is 254 g/mol. The van der Waals surface area contributed by atoms with Crippen molar-refractivity contribution in [2.45, 2.75) is 26.3 Å². The van der Waals surface area contributed by atoms with E-state index in [0.29, 0.717) is 12.1 Å². The Morgan fingerprint density at radius 2 is 2.22 bits per heavy atom. The van der Waals surface area contributed by atoms with Crippen LogP contribution in [0.3, 0.4) is 0 Å². The number of ether oxygens (including phenoxy) is 1. The molecule has 2 N–H and O–H groups in total. The van der Waals surface area contributed by atoms with Gasteiger partial charge in [-0.2, -0.15) is 0 Å². The first-order valence-electron chi connectivity index (χ1n) is 5.93. The van der Waals surface area contributed by atoms with Gasteiger partial charge in [0.15, 0.2) is 11.6 Å². The molecule has 4 nitrogen and oxygen atoms in total. The summed E-state index contributed by atoms with van der Waals surface area (Å²) in [4.78, 5) is 11.7. The van der Waals surface area contributed by atoms with Gasteiger partial charge in [-0.05, 0) is 25.6 Å². The molecule has 1 aromatic carbocycles. The fourth-order valence-corrected chi connectivity index (χ4v) is 1.65. The number of rotatable bonds is 6. The van der Waals surface area contributed by atoms with Gasteiger partial charge in [0, 0.05) is 24.2 Å². The molecule has 0 aliphatic carbocycles. The molecule has 0 radical (unpaired) electrons. The number of nitrogens with one attached hydrogen (secondary N) is 2. The minimum absolute atomic E-state index is 0.0955. The molecule has 0 saturated carbocycles. The van der Waals surface area contributed by atoms with Crippen LogP contribution in [0.15, 0.2) is 18.2 Å². The van der Waals surface area contributed by atoms with E-state index in [1.165, 1.54) is 19.2 Å². The van der Waals surface area contributed by atoms with Crippen molar-refractivity contribution in [3.8, 4) is 5.75 Å². The zero-order chi connectivity index (χ0) is 13.5. The van der Waals surface area contributed by atoms with Crippen molar-refractivity contribution < 1.29 is 13.9 Å². The van der Waals surface area contributed by atoms with Gasteiger partial charge in [0.25, 0.3) is 0 Å². The van der Waals surface area contributed by atoms with Crippen LogP contribution < -0.4 is 15.4 Å². The van der Waals surface area contributed by atoms with Crippen molar-refractivity contribution >= 4 is 11.6 Å². The standard InChI is InChI=1S/C13H19FN2O2/c1-4-15-9(2)7-13(17)16-10-5-6-12(18-3)11(14)8-10/h5-6,8-9,15H,4,7H2,1-3H3,(H,16,17). The predicted octanol–water partition coefficient (Wildman–Crippen LogP) is 2.16. The Morgan fingerprint density at radius 3 is 2.78 bits per heavy atom. The van der Waals surface area contributed by atoms with Gasteiger partial charge in [-0.3, -0.25) is 4.79 Å². The summed E-state index contributed by atoms with van der Waals surface area (Å²) < 4.78 is 18.2. The maximum Gasteiger partial charge on any atom is 0.225 e. The Hall–Kier alpha value is -1.62. The van der Waals surface area contributed by atoms with Crippen molar-refractivity contribution in [3.05, 3.63) is 24.0 Å². The average molecular weight is 254 g/mol. The first-order chi connectivity index (χ1) is 8.56. The highest BCUT2D eigenvalue weighted by Gasteiger charge is 2.09. The van der Waals surface area contributed by atoms with Crippen molar-refractivity contribution in [2.75, 3.05) is 19.0 Å². The molecule has 0 heterocycles. The van der Waals surface area contributed by atoms with Crippen LogP contribution in [-0.4, -0.2) is 25.6 Å². The highest BCUT2D eigenvalue weighted by Crippen LogP contribution is 2.20. The van der Waals surface area contributed by atoms with Gasteiger partial charge in [-0.1, -0.05) is 6.92 Å². The number of hydrogen-bond acceptors (Lipinski definition) is 3. The zero-order valence-corrected chi connectivity index (χ0v) is 10.9. The van der Waals surface area contributed by atoms with E-state index < -0.39 is 5.82 Å². The minimum atomic E-state index is -0.491. The lowest BCUT2D eigenvalue weighted by atomic mass is 10.2. The smallest absolute Gasteiger partial charge is 0.225 e. The maximum absolute atomic E-state index is 13.4. The lowest BCUT2D eigenvalue weighted by molar-refractivity contribution is -0.116. The van der Waals surface area contributed by atoms with Gasteiger partial charge >= 0.3 is 0 Å². The van der Waals surface area contributed by atoms with Crippen molar-refractivity contribution in [3.63, 3.8) is 0 Å². The lowest BCUT2D eigenvalue weighted by Gasteiger charge is -2.12. The highest BCUT2D eigenvalue weighted by molar-refractivity contribution is 5.91. The third kappa shape index (κ3) is 4.33. The Bertz CT molecular complexity index is 410. The van der Waals surface area contributed by atoms with Gasteiger partial charge in [0.05, 0.1) is 7.11 Å². The molecule has 0 bridgehead atoms. The molecule has 1 aromatic rings. The number of methoxy groups -OCH3 is 1. The van der Waals surface area contributed by atoms with E-state index in [9.17, 15) is 9.18 Å². The molecule has 1 unspecified atom stereocenters. The summed E-state index contributed by atoms with van der Waals surface area (Å²) in [6, 6.07) is 4.43. The molecular weight excluding hydrogens is 235 g/mol. The van der Waals surface area contributed by atoms with Crippen LogP contribution in [0.2, 0.25) is 0 Å². The van der Waals surface area contributed by atoms with Gasteiger partial charge in [0.1, 0.15) is 0 Å². The largest absolute Gasteiger partial charge is 0.494 e. The first-order valence-corrected chi connectivity index (χ1v) is 5.93. The summed E-state index contributed by atoms with van der Waals surface area (Å²) in [7, 11) is 1.40. The van der Waals surface area contributed by atoms with E-state index in [1.807, 2.05) is 13.8 Å².